The molecule has 2 aliphatic rings. The average Bonchev–Trinajstić information content (AvgIpc) is 3.83. The Hall–Kier alpha value is -7.29. The van der Waals surface area contributed by atoms with Gasteiger partial charge in [-0.2, -0.15) is 49.6 Å². The average molecular weight is 1120 g/mol. The molecule has 4 N–H and O–H groups in total. The first-order chi connectivity index (χ1) is 34.9. The Labute approximate surface area is 424 Å². The number of sulfone groups is 1. The normalized spacial score (nSPS) is 17.1. The Morgan fingerprint density at radius 3 is 2.07 bits per heavy atom. The van der Waals surface area contributed by atoms with Gasteiger partial charge in [-0.3, -0.25) is 19.0 Å². The molecule has 408 valence electrons. The van der Waals surface area contributed by atoms with Crippen molar-refractivity contribution in [3.8, 4) is 23.0 Å². The van der Waals surface area contributed by atoms with E-state index in [9.17, 15) is 81.4 Å². The van der Waals surface area contributed by atoms with Crippen molar-refractivity contribution < 1.29 is 90.1 Å². The quantitative estimate of drug-likeness (QED) is 0.0627. The monoisotopic (exact) mass is 1120 g/mol. The van der Waals surface area contributed by atoms with E-state index in [1.54, 1.807) is 5.32 Å². The molecule has 3 aromatic heterocycles. The number of carboxylic acids is 2. The molecule has 18 nitrogen and oxygen atoms in total. The summed E-state index contributed by atoms with van der Waals surface area (Å²) in [6.07, 6.45) is -11.5. The van der Waals surface area contributed by atoms with Gasteiger partial charge >= 0.3 is 30.3 Å². The van der Waals surface area contributed by atoms with Crippen molar-refractivity contribution in [2.75, 3.05) is 16.8 Å². The number of benzene rings is 2. The second kappa shape index (κ2) is 19.7. The molecule has 0 spiro atoms. The van der Waals surface area contributed by atoms with Crippen LogP contribution in [0.15, 0.2) is 42.5 Å². The van der Waals surface area contributed by atoms with Crippen LogP contribution in [-0.2, 0) is 65.9 Å². The lowest BCUT2D eigenvalue weighted by Gasteiger charge is -2.34. The minimum atomic E-state index is -5.26. The van der Waals surface area contributed by atoms with Gasteiger partial charge in [0.15, 0.2) is 21.3 Å². The highest BCUT2D eigenvalue weighted by molar-refractivity contribution is 7.93. The zero-order valence-corrected chi connectivity index (χ0v) is 41.7. The van der Waals surface area contributed by atoms with Crippen molar-refractivity contribution in [2.24, 2.45) is 5.92 Å². The number of halogens is 10. The molecule has 0 saturated heterocycles. The highest BCUT2D eigenvalue weighted by Gasteiger charge is 2.63. The molecule has 76 heavy (non-hydrogen) atoms. The number of hydrogen-bond donors (Lipinski definition) is 4. The molecule has 3 amide bonds. The number of amides is 3. The Morgan fingerprint density at radius 1 is 0.895 bits per heavy atom. The number of carbonyl (C=O) groups is 4. The lowest BCUT2D eigenvalue weighted by molar-refractivity contribution is -0.145. The highest BCUT2D eigenvalue weighted by Crippen LogP contribution is 2.64. The van der Waals surface area contributed by atoms with E-state index in [-0.39, 0.29) is 48.9 Å². The van der Waals surface area contributed by atoms with Gasteiger partial charge in [0.05, 0.1) is 29.9 Å². The smallest absolute Gasteiger partial charge is 0.435 e. The number of alkyl halides is 8. The Balaban J connectivity index is 1.49. The van der Waals surface area contributed by atoms with Gasteiger partial charge in [0.25, 0.3) is 5.92 Å². The molecule has 5 aromatic rings. The Morgan fingerprint density at radius 2 is 1.53 bits per heavy atom. The number of hydrogen-bond acceptors (Lipinski definition) is 11. The Bertz CT molecular complexity index is 3510. The number of aromatic nitrogens is 5. The second-order valence-electron chi connectivity index (χ2n) is 18.7. The lowest BCUT2D eigenvalue weighted by atomic mass is 9.73. The van der Waals surface area contributed by atoms with Gasteiger partial charge in [0.1, 0.15) is 46.9 Å². The van der Waals surface area contributed by atoms with Crippen LogP contribution in [-0.4, -0.2) is 105 Å². The second-order valence-corrected chi connectivity index (χ2v) is 23.1. The summed E-state index contributed by atoms with van der Waals surface area (Å²) in [5.41, 5.74) is -6.34. The molecule has 0 bridgehead atoms. The minimum Gasteiger partial charge on any atom is -0.481 e. The molecule has 0 unspecified atom stereocenters. The SMILES string of the molecule is Cc1ccc(-c2ccc(C#CC(C)(C)S(C)(=O)=O)nc2[C@H](Cc2cc(F)cc(F)c2)NC(=O)Cn2nc(C(F)(F)F)c3c2C(F)(F)[C@@H]2CC[C@H]32)c2c1c(N(C(=O)N[C@H](CC(=O)O)C(=O)O)S(C)(=O)=O)nn2CC(F)(F)F. The van der Waals surface area contributed by atoms with Gasteiger partial charge in [-0.05, 0) is 87.3 Å². The first-order valence-corrected chi connectivity index (χ1v) is 26.0. The third-order valence-corrected chi connectivity index (χ3v) is 15.7. The summed E-state index contributed by atoms with van der Waals surface area (Å²) in [7, 11) is -9.01. The summed E-state index contributed by atoms with van der Waals surface area (Å²) < 4.78 is 199. The number of anilines is 1. The predicted octanol–water partition coefficient (Wildman–Crippen LogP) is 6.74. The van der Waals surface area contributed by atoms with E-state index in [0.29, 0.717) is 12.3 Å². The van der Waals surface area contributed by atoms with E-state index in [1.165, 1.54) is 26.8 Å². The van der Waals surface area contributed by atoms with Gasteiger partial charge in [-0.15, -0.1) is 0 Å². The van der Waals surface area contributed by atoms with Crippen LogP contribution < -0.4 is 14.9 Å². The van der Waals surface area contributed by atoms with Crippen molar-refractivity contribution in [1.82, 2.24) is 35.2 Å². The molecular formula is C46H42F10N8O10S2. The summed E-state index contributed by atoms with van der Waals surface area (Å²) >= 11 is 0. The maximum Gasteiger partial charge on any atom is 0.435 e. The van der Waals surface area contributed by atoms with E-state index >= 15 is 8.78 Å². The molecule has 2 aromatic carbocycles. The zero-order chi connectivity index (χ0) is 56.6. The van der Waals surface area contributed by atoms with Crippen LogP contribution in [0.4, 0.5) is 54.5 Å². The van der Waals surface area contributed by atoms with Crippen LogP contribution in [0, 0.1) is 36.3 Å². The van der Waals surface area contributed by atoms with Gasteiger partial charge in [-0.1, -0.05) is 18.1 Å². The summed E-state index contributed by atoms with van der Waals surface area (Å²) in [4.78, 5) is 55.9. The fourth-order valence-electron chi connectivity index (χ4n) is 8.95. The number of aliphatic carboxylic acids is 2. The molecule has 3 heterocycles. The standard InChI is InChI=1S/C46H42F10N8O10S2/c1-21-6-8-27(37-34(21)40(61-63(37)20-44(49,50)51)64(76(5,73)74)42(70)59-31(41(68)69)18-33(66)67)26-9-7-25(12-13-43(2,3)75(4,71)72)57-36(26)30(16-22-14-23(47)17-24(48)15-22)58-32(65)19-62-39-35(38(60-62)46(54,55)56)28-10-11-29(28)45(39,52)53/h6-9,14-15,17,28-31H,10-11,16,18-20H2,1-5H3,(H,58,65)(H,59,70)(H,66,67)(H,68,69)/t28-,29+,30-,31+/m0/s1. The third-order valence-electron chi connectivity index (χ3n) is 12.7. The van der Waals surface area contributed by atoms with E-state index in [1.807, 2.05) is 0 Å². The fraction of sp³-hybridized carbons (Fsp3) is 0.413. The molecule has 1 saturated carbocycles. The number of sulfonamides is 1. The predicted molar refractivity (Wildman–Crippen MR) is 247 cm³/mol. The topological polar surface area (TPSA) is 253 Å². The lowest BCUT2D eigenvalue weighted by Crippen LogP contribution is -2.50. The number of nitrogens with one attached hydrogen (secondary N) is 2. The van der Waals surface area contributed by atoms with Crippen molar-refractivity contribution in [3.05, 3.63) is 93.6 Å². The number of aryl methyl sites for hydroxylation is 1. The van der Waals surface area contributed by atoms with Gasteiger partial charge < -0.3 is 20.8 Å². The van der Waals surface area contributed by atoms with E-state index in [4.69, 9.17) is 0 Å². The van der Waals surface area contributed by atoms with Crippen molar-refractivity contribution in [3.63, 3.8) is 0 Å². The number of pyridine rings is 1. The zero-order valence-electron chi connectivity index (χ0n) is 40.0. The van der Waals surface area contributed by atoms with Gasteiger partial charge in [0, 0.05) is 40.3 Å². The summed E-state index contributed by atoms with van der Waals surface area (Å²) in [6, 6.07) is 0.485. The maximum absolute atomic E-state index is 15.9. The largest absolute Gasteiger partial charge is 0.481 e. The van der Waals surface area contributed by atoms with E-state index in [2.05, 4.69) is 32.3 Å². The van der Waals surface area contributed by atoms with Crippen molar-refractivity contribution in [2.45, 2.75) is 101 Å². The van der Waals surface area contributed by atoms with E-state index < -0.39 is 173 Å². The molecule has 0 radical (unpaired) electrons. The summed E-state index contributed by atoms with van der Waals surface area (Å²) in [6.45, 7) is 0.244. The Kier molecular flexibility index (Phi) is 14.6. The minimum absolute atomic E-state index is 0.0390. The first kappa shape index (κ1) is 56.4. The molecule has 2 aliphatic carbocycles. The number of nitrogens with zero attached hydrogens (tertiary/aromatic N) is 6. The summed E-state index contributed by atoms with van der Waals surface area (Å²) in [5.74, 6) is -10.2. The van der Waals surface area contributed by atoms with Crippen LogP contribution in [0.2, 0.25) is 0 Å². The van der Waals surface area contributed by atoms with Crippen LogP contribution in [0.3, 0.4) is 0 Å². The van der Waals surface area contributed by atoms with Gasteiger partial charge in [0.2, 0.25) is 15.9 Å². The summed E-state index contributed by atoms with van der Waals surface area (Å²) in [5, 5.41) is 29.7. The van der Waals surface area contributed by atoms with E-state index in [0.717, 1.165) is 36.6 Å². The molecule has 7 rings (SSSR count). The fourth-order valence-corrected chi connectivity index (χ4v) is 9.98. The van der Waals surface area contributed by atoms with Crippen LogP contribution in [0.25, 0.3) is 22.0 Å². The molecule has 4 atom stereocenters. The molecule has 1 fully saturated rings. The number of fused-ring (bicyclic) bond motifs is 4. The first-order valence-electron chi connectivity index (χ1n) is 22.3. The number of carbonyl (C=O) groups excluding carboxylic acids is 2. The highest BCUT2D eigenvalue weighted by atomic mass is 32.2. The third kappa shape index (κ3) is 11.3. The van der Waals surface area contributed by atoms with Crippen LogP contribution >= 0.6 is 0 Å². The molecule has 0 aliphatic heterocycles. The van der Waals surface area contributed by atoms with Crippen LogP contribution in [0.5, 0.6) is 0 Å². The number of carboxylic acid groups (broad SMARTS) is 2. The number of rotatable bonds is 15. The molecule has 30 heteroatoms. The maximum atomic E-state index is 15.9. The van der Waals surface area contributed by atoms with Crippen molar-refractivity contribution >= 4 is 60.5 Å². The molecular weight excluding hydrogens is 1080 g/mol. The van der Waals surface area contributed by atoms with Gasteiger partial charge in [-0.25, -0.2) is 40.2 Å². The van der Waals surface area contributed by atoms with Crippen molar-refractivity contribution in [1.29, 1.82) is 0 Å². The number of urea groups is 1. The van der Waals surface area contributed by atoms with Crippen LogP contribution in [0.1, 0.15) is 84.5 Å².